The van der Waals surface area contributed by atoms with Crippen LogP contribution in [0.1, 0.15) is 12.8 Å². The van der Waals surface area contributed by atoms with Gasteiger partial charge in [0.15, 0.2) is 0 Å². The molecule has 0 spiro atoms. The van der Waals surface area contributed by atoms with Crippen molar-refractivity contribution < 1.29 is 18.5 Å². The first-order valence-electron chi connectivity index (χ1n) is 4.14. The Bertz CT molecular complexity index is 153. The summed E-state index contributed by atoms with van der Waals surface area (Å²) in [6.07, 6.45) is 1.59. The molecule has 0 atom stereocenters. The highest BCUT2D eigenvalue weighted by molar-refractivity contribution is 7.47. The summed E-state index contributed by atoms with van der Waals surface area (Å²) in [5.74, 6) is 0. The van der Waals surface area contributed by atoms with Crippen molar-refractivity contribution in [3.63, 3.8) is 0 Å². The Labute approximate surface area is 77.8 Å². The molecule has 1 aliphatic heterocycles. The van der Waals surface area contributed by atoms with Gasteiger partial charge < -0.3 is 16.4 Å². The molecular formula is C6H17N2O4P. The monoisotopic (exact) mass is 212 g/mol. The zero-order valence-electron chi connectivity index (χ0n) is 7.52. The van der Waals surface area contributed by atoms with Crippen LogP contribution in [0.3, 0.4) is 0 Å². The first-order chi connectivity index (χ1) is 6.12. The Kier molecular flexibility index (Phi) is 7.45. The minimum Gasteiger partial charge on any atom is -0.329 e. The van der Waals surface area contributed by atoms with Crippen molar-refractivity contribution in [1.29, 1.82) is 0 Å². The summed E-state index contributed by atoms with van der Waals surface area (Å²) in [7, 11) is -3.63. The van der Waals surface area contributed by atoms with Crippen LogP contribution in [0.25, 0.3) is 0 Å². The van der Waals surface area contributed by atoms with Gasteiger partial charge in [-0.05, 0) is 12.8 Å². The fourth-order valence-electron chi connectivity index (χ4n) is 0.601. The SMILES string of the molecule is NCCN.O=P1(O)OCCCCO1. The normalized spacial score (nSPS) is 21.2. The van der Waals surface area contributed by atoms with E-state index in [1.165, 1.54) is 0 Å². The molecule has 0 aliphatic carbocycles. The van der Waals surface area contributed by atoms with Gasteiger partial charge in [0.25, 0.3) is 0 Å². The van der Waals surface area contributed by atoms with Crippen molar-refractivity contribution in [2.75, 3.05) is 26.3 Å². The molecule has 0 unspecified atom stereocenters. The predicted octanol–water partition coefficient (Wildman–Crippen LogP) is -0.182. The van der Waals surface area contributed by atoms with Crippen molar-refractivity contribution in [3.8, 4) is 0 Å². The molecule has 1 heterocycles. The number of nitrogens with two attached hydrogens (primary N) is 2. The molecule has 0 aromatic rings. The average molecular weight is 212 g/mol. The topological polar surface area (TPSA) is 108 Å². The lowest BCUT2D eigenvalue weighted by Gasteiger charge is -2.05. The Morgan fingerprint density at radius 1 is 1.15 bits per heavy atom. The molecule has 13 heavy (non-hydrogen) atoms. The quantitative estimate of drug-likeness (QED) is 0.520. The van der Waals surface area contributed by atoms with E-state index in [1.807, 2.05) is 0 Å². The fourth-order valence-corrected chi connectivity index (χ4v) is 1.40. The van der Waals surface area contributed by atoms with E-state index < -0.39 is 7.82 Å². The van der Waals surface area contributed by atoms with E-state index in [0.29, 0.717) is 26.3 Å². The van der Waals surface area contributed by atoms with E-state index in [9.17, 15) is 4.57 Å². The van der Waals surface area contributed by atoms with Crippen LogP contribution in [0.5, 0.6) is 0 Å². The maximum absolute atomic E-state index is 10.6. The Morgan fingerprint density at radius 3 is 1.85 bits per heavy atom. The largest absolute Gasteiger partial charge is 0.472 e. The number of hydrogen-bond acceptors (Lipinski definition) is 5. The van der Waals surface area contributed by atoms with Gasteiger partial charge in [0.1, 0.15) is 0 Å². The van der Waals surface area contributed by atoms with E-state index >= 15 is 0 Å². The second-order valence-electron chi connectivity index (χ2n) is 2.42. The number of hydrogen-bond donors (Lipinski definition) is 3. The number of phosphoric ester groups is 1. The van der Waals surface area contributed by atoms with Crippen LogP contribution in [-0.4, -0.2) is 31.2 Å². The molecule has 0 radical (unpaired) electrons. The lowest BCUT2D eigenvalue weighted by Crippen LogP contribution is -2.11. The zero-order chi connectivity index (χ0) is 10.2. The molecule has 0 bridgehead atoms. The van der Waals surface area contributed by atoms with Crippen molar-refractivity contribution in [3.05, 3.63) is 0 Å². The number of phosphoric acid groups is 1. The van der Waals surface area contributed by atoms with E-state index in [-0.39, 0.29) is 0 Å². The first-order valence-corrected chi connectivity index (χ1v) is 5.64. The van der Waals surface area contributed by atoms with Gasteiger partial charge in [0.2, 0.25) is 0 Å². The smallest absolute Gasteiger partial charge is 0.329 e. The van der Waals surface area contributed by atoms with Crippen molar-refractivity contribution in [2.24, 2.45) is 11.5 Å². The van der Waals surface area contributed by atoms with Crippen LogP contribution in [-0.2, 0) is 13.6 Å². The zero-order valence-corrected chi connectivity index (χ0v) is 8.41. The van der Waals surface area contributed by atoms with E-state index in [2.05, 4.69) is 9.05 Å². The second kappa shape index (κ2) is 7.44. The minimum atomic E-state index is -3.63. The van der Waals surface area contributed by atoms with Crippen LogP contribution in [0.4, 0.5) is 0 Å². The summed E-state index contributed by atoms with van der Waals surface area (Å²) < 4.78 is 19.5. The van der Waals surface area contributed by atoms with Crippen molar-refractivity contribution in [1.82, 2.24) is 0 Å². The van der Waals surface area contributed by atoms with Gasteiger partial charge in [-0.3, -0.25) is 9.05 Å². The Balaban J connectivity index is 0.000000310. The third-order valence-electron chi connectivity index (χ3n) is 1.21. The van der Waals surface area contributed by atoms with Gasteiger partial charge in [-0.25, -0.2) is 4.57 Å². The molecule has 1 saturated heterocycles. The molecule has 0 aromatic heterocycles. The van der Waals surface area contributed by atoms with Gasteiger partial charge in [-0.15, -0.1) is 0 Å². The molecule has 7 heteroatoms. The summed E-state index contributed by atoms with van der Waals surface area (Å²) in [6, 6.07) is 0. The molecule has 1 rings (SSSR count). The van der Waals surface area contributed by atoms with E-state index in [0.717, 1.165) is 12.8 Å². The molecule has 1 fully saturated rings. The molecule has 1 aliphatic rings. The number of rotatable bonds is 1. The summed E-state index contributed by atoms with van der Waals surface area (Å²) in [4.78, 5) is 8.67. The maximum Gasteiger partial charge on any atom is 0.472 e. The third kappa shape index (κ3) is 8.36. The molecular weight excluding hydrogens is 195 g/mol. The van der Waals surface area contributed by atoms with E-state index in [4.69, 9.17) is 16.4 Å². The molecule has 5 N–H and O–H groups in total. The minimum absolute atomic E-state index is 0.327. The average Bonchev–Trinajstić information content (AvgIpc) is 2.29. The summed E-state index contributed by atoms with van der Waals surface area (Å²) in [5, 5.41) is 0. The van der Waals surface area contributed by atoms with Crippen LogP contribution in [0.2, 0.25) is 0 Å². The predicted molar refractivity (Wildman–Crippen MR) is 49.1 cm³/mol. The third-order valence-corrected chi connectivity index (χ3v) is 2.23. The van der Waals surface area contributed by atoms with Gasteiger partial charge >= 0.3 is 7.82 Å². The fraction of sp³-hybridized carbons (Fsp3) is 1.00. The Morgan fingerprint density at radius 2 is 1.54 bits per heavy atom. The standard InChI is InChI=1S/C4H9O4P.C2H8N2/c5-9(6)7-3-1-2-4-8-9;3-1-2-4/h1-4H2,(H,5,6);1-4H2. The van der Waals surface area contributed by atoms with Crippen LogP contribution in [0.15, 0.2) is 0 Å². The summed E-state index contributed by atoms with van der Waals surface area (Å²) in [5.41, 5.74) is 9.81. The highest BCUT2D eigenvalue weighted by Gasteiger charge is 2.22. The summed E-state index contributed by atoms with van der Waals surface area (Å²) >= 11 is 0. The first kappa shape index (κ1) is 13.0. The highest BCUT2D eigenvalue weighted by Crippen LogP contribution is 2.44. The molecule has 6 nitrogen and oxygen atoms in total. The van der Waals surface area contributed by atoms with Crippen LogP contribution >= 0.6 is 7.82 Å². The molecule has 0 aromatic carbocycles. The lowest BCUT2D eigenvalue weighted by atomic mass is 10.3. The lowest BCUT2D eigenvalue weighted by molar-refractivity contribution is 0.176. The van der Waals surface area contributed by atoms with Gasteiger partial charge in [-0.2, -0.15) is 0 Å². The Hall–Kier alpha value is 0.0300. The van der Waals surface area contributed by atoms with E-state index in [1.54, 1.807) is 0 Å². The molecule has 0 amide bonds. The van der Waals surface area contributed by atoms with Gasteiger partial charge in [0, 0.05) is 13.1 Å². The molecule has 80 valence electrons. The van der Waals surface area contributed by atoms with Crippen molar-refractivity contribution >= 4 is 7.82 Å². The van der Waals surface area contributed by atoms with Crippen LogP contribution < -0.4 is 11.5 Å². The van der Waals surface area contributed by atoms with Crippen molar-refractivity contribution in [2.45, 2.75) is 12.8 Å². The van der Waals surface area contributed by atoms with Crippen LogP contribution in [0, 0.1) is 0 Å². The van der Waals surface area contributed by atoms with Gasteiger partial charge in [-0.1, -0.05) is 0 Å². The maximum atomic E-state index is 10.6. The molecule has 0 saturated carbocycles. The highest BCUT2D eigenvalue weighted by atomic mass is 31.2. The summed E-state index contributed by atoms with van der Waals surface area (Å²) in [6.45, 7) is 1.85. The second-order valence-corrected chi connectivity index (χ2v) is 3.87. The van der Waals surface area contributed by atoms with Gasteiger partial charge in [0.05, 0.1) is 13.2 Å².